The summed E-state index contributed by atoms with van der Waals surface area (Å²) in [5.41, 5.74) is 0.887. The van der Waals surface area contributed by atoms with Crippen LogP contribution in [0.5, 0.6) is 5.75 Å². The van der Waals surface area contributed by atoms with Crippen molar-refractivity contribution in [3.63, 3.8) is 0 Å². The van der Waals surface area contributed by atoms with Gasteiger partial charge in [-0.2, -0.15) is 5.10 Å². The number of hydrogen-bond acceptors (Lipinski definition) is 4. The minimum absolute atomic E-state index is 0.164. The Morgan fingerprint density at radius 3 is 2.62 bits per heavy atom. The topological polar surface area (TPSA) is 73.2 Å². The van der Waals surface area contributed by atoms with Crippen molar-refractivity contribution in [3.8, 4) is 17.0 Å². The van der Waals surface area contributed by atoms with Gasteiger partial charge in [0.1, 0.15) is 11.6 Å². The average molecular weight is 436 g/mol. The van der Waals surface area contributed by atoms with Crippen molar-refractivity contribution in [2.45, 2.75) is 6.54 Å². The summed E-state index contributed by atoms with van der Waals surface area (Å²) >= 11 is 11.8. The number of carbonyl (C=O) groups excluding carboxylic acids is 1. The van der Waals surface area contributed by atoms with E-state index in [1.807, 2.05) is 0 Å². The van der Waals surface area contributed by atoms with E-state index >= 15 is 0 Å². The highest BCUT2D eigenvalue weighted by Crippen LogP contribution is 2.27. The van der Waals surface area contributed by atoms with Gasteiger partial charge < -0.3 is 10.1 Å². The molecule has 0 saturated heterocycles. The zero-order valence-electron chi connectivity index (χ0n) is 15.1. The fourth-order valence-corrected chi connectivity index (χ4v) is 2.80. The van der Waals surface area contributed by atoms with E-state index in [1.54, 1.807) is 30.3 Å². The van der Waals surface area contributed by atoms with Crippen LogP contribution in [0.4, 0.5) is 4.39 Å². The molecule has 1 aromatic heterocycles. The van der Waals surface area contributed by atoms with Crippen LogP contribution < -0.4 is 15.6 Å². The molecule has 0 spiro atoms. The van der Waals surface area contributed by atoms with E-state index in [9.17, 15) is 14.0 Å². The predicted molar refractivity (Wildman–Crippen MR) is 109 cm³/mol. The lowest BCUT2D eigenvalue weighted by atomic mass is 10.1. The maximum atomic E-state index is 13.1. The first-order valence-electron chi connectivity index (χ1n) is 8.61. The van der Waals surface area contributed by atoms with Crippen LogP contribution in [-0.2, 0) is 11.3 Å². The summed E-state index contributed by atoms with van der Waals surface area (Å²) in [6, 6.07) is 13.4. The molecule has 1 N–H and O–H groups in total. The number of nitrogens with one attached hydrogen (secondary N) is 1. The Hall–Kier alpha value is -2.90. The van der Waals surface area contributed by atoms with Gasteiger partial charge in [-0.15, -0.1) is 0 Å². The van der Waals surface area contributed by atoms with E-state index in [0.29, 0.717) is 27.1 Å². The van der Waals surface area contributed by atoms with Crippen LogP contribution in [0.3, 0.4) is 0 Å². The number of carbonyl (C=O) groups is 1. The van der Waals surface area contributed by atoms with Crippen LogP contribution in [0.15, 0.2) is 59.4 Å². The monoisotopic (exact) mass is 435 g/mol. The summed E-state index contributed by atoms with van der Waals surface area (Å²) in [4.78, 5) is 23.9. The summed E-state index contributed by atoms with van der Waals surface area (Å²) in [5, 5.41) is 7.68. The Bertz CT molecular complexity index is 1070. The Balaban J connectivity index is 1.55. The molecule has 1 heterocycles. The number of ether oxygens (including phenoxy) is 1. The summed E-state index contributed by atoms with van der Waals surface area (Å²) < 4.78 is 19.6. The molecule has 1 amide bonds. The smallest absolute Gasteiger partial charge is 0.266 e. The van der Waals surface area contributed by atoms with Crippen molar-refractivity contribution in [2.75, 3.05) is 13.2 Å². The average Bonchev–Trinajstić information content (AvgIpc) is 2.71. The molecule has 0 aliphatic carbocycles. The van der Waals surface area contributed by atoms with Crippen LogP contribution in [0.25, 0.3) is 11.3 Å². The molecule has 0 unspecified atom stereocenters. The number of rotatable bonds is 7. The van der Waals surface area contributed by atoms with E-state index in [2.05, 4.69) is 10.4 Å². The molecular formula is C20H16Cl2FN3O3. The second kappa shape index (κ2) is 9.54. The molecule has 0 aliphatic rings. The quantitative estimate of drug-likeness (QED) is 0.615. The Labute approximate surface area is 175 Å². The van der Waals surface area contributed by atoms with E-state index in [0.717, 1.165) is 0 Å². The van der Waals surface area contributed by atoms with Gasteiger partial charge >= 0.3 is 0 Å². The number of benzene rings is 2. The predicted octanol–water partition coefficient (Wildman–Crippen LogP) is 3.55. The Morgan fingerprint density at radius 2 is 1.86 bits per heavy atom. The molecule has 0 aliphatic heterocycles. The van der Waals surface area contributed by atoms with Crippen LogP contribution in [0, 0.1) is 5.82 Å². The molecule has 2 aromatic carbocycles. The highest BCUT2D eigenvalue weighted by molar-refractivity contribution is 6.34. The van der Waals surface area contributed by atoms with E-state index in [1.165, 1.54) is 28.9 Å². The van der Waals surface area contributed by atoms with Crippen LogP contribution >= 0.6 is 23.2 Å². The van der Waals surface area contributed by atoms with Crippen molar-refractivity contribution < 1.29 is 13.9 Å². The summed E-state index contributed by atoms with van der Waals surface area (Å²) in [6.07, 6.45) is 0. The highest BCUT2D eigenvalue weighted by Gasteiger charge is 2.08. The van der Waals surface area contributed by atoms with Gasteiger partial charge in [-0.1, -0.05) is 23.2 Å². The molecule has 3 rings (SSSR count). The lowest BCUT2D eigenvalue weighted by Crippen LogP contribution is -2.34. The second-order valence-corrected chi connectivity index (χ2v) is 6.84. The minimum atomic E-state index is -0.385. The SMILES string of the molecule is O=C(COc1cc(Cl)ccc1Cl)NCCn1nc(-c2ccc(F)cc2)ccc1=O. The molecule has 3 aromatic rings. The van der Waals surface area contributed by atoms with Gasteiger partial charge in [-0.25, -0.2) is 9.07 Å². The van der Waals surface area contributed by atoms with Crippen molar-refractivity contribution in [1.29, 1.82) is 0 Å². The molecule has 0 saturated carbocycles. The van der Waals surface area contributed by atoms with Gasteiger partial charge in [0.25, 0.3) is 11.5 Å². The third-order valence-corrected chi connectivity index (χ3v) is 4.45. The fraction of sp³-hybridized carbons (Fsp3) is 0.150. The molecule has 0 fully saturated rings. The first-order valence-corrected chi connectivity index (χ1v) is 9.36. The van der Waals surface area contributed by atoms with E-state index < -0.39 is 0 Å². The zero-order valence-corrected chi connectivity index (χ0v) is 16.6. The third-order valence-electron chi connectivity index (χ3n) is 3.90. The number of nitrogens with zero attached hydrogens (tertiary/aromatic N) is 2. The van der Waals surface area contributed by atoms with Crippen LogP contribution in [0.1, 0.15) is 0 Å². The Kier molecular flexibility index (Phi) is 6.85. The number of hydrogen-bond donors (Lipinski definition) is 1. The maximum absolute atomic E-state index is 13.1. The first kappa shape index (κ1) is 20.8. The second-order valence-electron chi connectivity index (χ2n) is 6.00. The molecular weight excluding hydrogens is 420 g/mol. The van der Waals surface area contributed by atoms with Crippen LogP contribution in [-0.4, -0.2) is 28.8 Å². The molecule has 0 radical (unpaired) electrons. The molecule has 150 valence electrons. The summed E-state index contributed by atoms with van der Waals surface area (Å²) in [6.45, 7) is 0.0841. The van der Waals surface area contributed by atoms with Gasteiger partial charge in [0.05, 0.1) is 17.3 Å². The molecule has 29 heavy (non-hydrogen) atoms. The maximum Gasteiger partial charge on any atom is 0.266 e. The van der Waals surface area contributed by atoms with Gasteiger partial charge in [-0.3, -0.25) is 9.59 Å². The van der Waals surface area contributed by atoms with E-state index in [-0.39, 0.29) is 37.0 Å². The largest absolute Gasteiger partial charge is 0.482 e. The third kappa shape index (κ3) is 5.79. The highest BCUT2D eigenvalue weighted by atomic mass is 35.5. The molecule has 6 nitrogen and oxygen atoms in total. The van der Waals surface area contributed by atoms with Crippen molar-refractivity contribution in [3.05, 3.63) is 80.8 Å². The Morgan fingerprint density at radius 1 is 1.10 bits per heavy atom. The summed E-state index contributed by atoms with van der Waals surface area (Å²) in [5.74, 6) is -0.436. The number of halogens is 3. The van der Waals surface area contributed by atoms with Gasteiger partial charge in [0.15, 0.2) is 6.61 Å². The zero-order chi connectivity index (χ0) is 20.8. The van der Waals surface area contributed by atoms with Crippen molar-refractivity contribution >= 4 is 29.1 Å². The fourth-order valence-electron chi connectivity index (χ4n) is 2.47. The number of amides is 1. The number of aromatic nitrogens is 2. The molecule has 9 heteroatoms. The van der Waals surface area contributed by atoms with Crippen LogP contribution in [0.2, 0.25) is 10.0 Å². The van der Waals surface area contributed by atoms with Gasteiger partial charge in [0, 0.05) is 29.3 Å². The minimum Gasteiger partial charge on any atom is -0.482 e. The molecule has 0 atom stereocenters. The first-order chi connectivity index (χ1) is 13.9. The van der Waals surface area contributed by atoms with Gasteiger partial charge in [0.2, 0.25) is 0 Å². The van der Waals surface area contributed by atoms with Crippen molar-refractivity contribution in [1.82, 2.24) is 15.1 Å². The lowest BCUT2D eigenvalue weighted by molar-refractivity contribution is -0.123. The summed E-state index contributed by atoms with van der Waals surface area (Å²) in [7, 11) is 0. The van der Waals surface area contributed by atoms with E-state index in [4.69, 9.17) is 27.9 Å². The van der Waals surface area contributed by atoms with Gasteiger partial charge in [-0.05, 0) is 42.5 Å². The lowest BCUT2D eigenvalue weighted by Gasteiger charge is -2.10. The normalized spacial score (nSPS) is 10.6. The standard InChI is InChI=1S/C20H16Cl2FN3O3/c21-14-3-6-16(22)18(11-14)29-12-19(27)24-9-10-26-20(28)8-7-17(25-26)13-1-4-15(23)5-2-13/h1-8,11H,9-10,12H2,(H,24,27). The van der Waals surface area contributed by atoms with Crippen molar-refractivity contribution in [2.24, 2.45) is 0 Å². The molecule has 0 bridgehead atoms.